The Bertz CT molecular complexity index is 854. The van der Waals surface area contributed by atoms with Crippen molar-refractivity contribution in [2.45, 2.75) is 17.6 Å². The fraction of sp³-hybridized carbons (Fsp3) is 0.294. The number of benzene rings is 1. The summed E-state index contributed by atoms with van der Waals surface area (Å²) in [6.07, 6.45) is 7.02. The van der Waals surface area contributed by atoms with Crippen LogP contribution >= 0.6 is 23.1 Å². The fourth-order valence-corrected chi connectivity index (χ4v) is 4.41. The Morgan fingerprint density at radius 3 is 2.81 bits per heavy atom. The van der Waals surface area contributed by atoms with Gasteiger partial charge in [0.2, 0.25) is 5.96 Å². The van der Waals surface area contributed by atoms with Gasteiger partial charge in [-0.05, 0) is 19.1 Å². The Morgan fingerprint density at radius 2 is 2.15 bits per heavy atom. The summed E-state index contributed by atoms with van der Waals surface area (Å²) in [5.41, 5.74) is 0.987. The number of aromatic nitrogens is 1. The van der Waals surface area contributed by atoms with Crippen molar-refractivity contribution in [3.8, 4) is 12.3 Å². The highest BCUT2D eigenvalue weighted by molar-refractivity contribution is 7.98. The molecular weight excluding hydrogens is 388 g/mol. The van der Waals surface area contributed by atoms with E-state index in [-0.39, 0.29) is 17.4 Å². The molecular formula is C17H20N4O2S3. The number of thioether (sulfide) groups is 1. The van der Waals surface area contributed by atoms with Crippen molar-refractivity contribution in [2.24, 2.45) is 4.99 Å². The van der Waals surface area contributed by atoms with Crippen LogP contribution in [0.25, 0.3) is 0 Å². The van der Waals surface area contributed by atoms with E-state index in [1.165, 1.54) is 0 Å². The summed E-state index contributed by atoms with van der Waals surface area (Å²) in [6, 6.07) is 6.60. The van der Waals surface area contributed by atoms with Crippen molar-refractivity contribution in [3.63, 3.8) is 0 Å². The van der Waals surface area contributed by atoms with E-state index in [9.17, 15) is 8.42 Å². The zero-order valence-electron chi connectivity index (χ0n) is 14.3. The topological polar surface area (TPSA) is 83.4 Å². The average Bonchev–Trinajstić information content (AvgIpc) is 3.12. The van der Waals surface area contributed by atoms with E-state index in [1.54, 1.807) is 53.6 Å². The van der Waals surface area contributed by atoms with Crippen molar-refractivity contribution in [1.82, 2.24) is 15.0 Å². The third kappa shape index (κ3) is 6.71. The lowest BCUT2D eigenvalue weighted by Gasteiger charge is -2.12. The van der Waals surface area contributed by atoms with Gasteiger partial charge in [-0.2, -0.15) is 11.8 Å². The van der Waals surface area contributed by atoms with E-state index >= 15 is 0 Å². The number of sulfonamides is 1. The molecule has 0 aliphatic rings. The quantitative estimate of drug-likeness (QED) is 0.303. The molecule has 138 valence electrons. The summed E-state index contributed by atoms with van der Waals surface area (Å²) in [5, 5.41) is 5.82. The SMILES string of the molecule is C#CCNC(=NCCSCc1nccs1)NS(=O)(=O)c1ccc(C)cc1. The monoisotopic (exact) mass is 408 g/mol. The zero-order valence-corrected chi connectivity index (χ0v) is 16.8. The van der Waals surface area contributed by atoms with Crippen LogP contribution in [0.3, 0.4) is 0 Å². The van der Waals surface area contributed by atoms with Gasteiger partial charge in [0, 0.05) is 23.1 Å². The smallest absolute Gasteiger partial charge is 0.264 e. The minimum Gasteiger partial charge on any atom is -0.345 e. The predicted molar refractivity (Wildman–Crippen MR) is 109 cm³/mol. The molecule has 0 saturated carbocycles. The van der Waals surface area contributed by atoms with Gasteiger partial charge in [0.05, 0.1) is 18.0 Å². The predicted octanol–water partition coefficient (Wildman–Crippen LogP) is 2.24. The maximum Gasteiger partial charge on any atom is 0.264 e. The van der Waals surface area contributed by atoms with Gasteiger partial charge in [0.1, 0.15) is 5.01 Å². The molecule has 1 aromatic heterocycles. The lowest BCUT2D eigenvalue weighted by molar-refractivity contribution is 0.591. The number of hydrogen-bond acceptors (Lipinski definition) is 6. The number of aryl methyl sites for hydroxylation is 1. The van der Waals surface area contributed by atoms with Crippen molar-refractivity contribution in [2.75, 3.05) is 18.8 Å². The van der Waals surface area contributed by atoms with Crippen LogP contribution in [0.15, 0.2) is 45.7 Å². The minimum atomic E-state index is -3.71. The molecule has 9 heteroatoms. The van der Waals surface area contributed by atoms with Gasteiger partial charge in [-0.15, -0.1) is 17.8 Å². The molecule has 0 atom stereocenters. The molecule has 1 aromatic carbocycles. The molecule has 0 bridgehead atoms. The number of rotatable bonds is 8. The summed E-state index contributed by atoms with van der Waals surface area (Å²) in [5.74, 6) is 4.12. The van der Waals surface area contributed by atoms with Crippen LogP contribution in [0.4, 0.5) is 0 Å². The lowest BCUT2D eigenvalue weighted by Crippen LogP contribution is -2.41. The van der Waals surface area contributed by atoms with Gasteiger partial charge in [0.15, 0.2) is 0 Å². The highest BCUT2D eigenvalue weighted by Gasteiger charge is 2.15. The molecule has 0 amide bonds. The first kappa shape index (κ1) is 20.3. The molecule has 1 heterocycles. The van der Waals surface area contributed by atoms with Gasteiger partial charge >= 0.3 is 0 Å². The van der Waals surface area contributed by atoms with E-state index < -0.39 is 10.0 Å². The summed E-state index contributed by atoms with van der Waals surface area (Å²) in [4.78, 5) is 8.68. The molecule has 0 radical (unpaired) electrons. The molecule has 2 aromatic rings. The molecule has 0 aliphatic carbocycles. The first-order chi connectivity index (χ1) is 12.5. The Hall–Kier alpha value is -2.02. The van der Waals surface area contributed by atoms with Crippen molar-refractivity contribution in [3.05, 3.63) is 46.4 Å². The van der Waals surface area contributed by atoms with E-state index in [0.29, 0.717) is 6.54 Å². The normalized spacial score (nSPS) is 11.8. The second-order valence-electron chi connectivity index (χ2n) is 5.18. The highest BCUT2D eigenvalue weighted by Crippen LogP contribution is 2.14. The minimum absolute atomic E-state index is 0.151. The van der Waals surface area contributed by atoms with E-state index in [1.807, 2.05) is 12.3 Å². The van der Waals surface area contributed by atoms with E-state index in [2.05, 4.69) is 25.9 Å². The number of guanidine groups is 1. The number of terminal acetylenes is 1. The fourth-order valence-electron chi connectivity index (χ4n) is 1.87. The molecule has 0 unspecified atom stereocenters. The molecule has 6 nitrogen and oxygen atoms in total. The van der Waals surface area contributed by atoms with Gasteiger partial charge in [-0.1, -0.05) is 23.6 Å². The third-order valence-electron chi connectivity index (χ3n) is 3.13. The molecule has 0 spiro atoms. The molecule has 0 aliphatic heterocycles. The number of nitrogens with zero attached hydrogens (tertiary/aromatic N) is 2. The van der Waals surface area contributed by atoms with Crippen LogP contribution in [0.5, 0.6) is 0 Å². The van der Waals surface area contributed by atoms with Crippen LogP contribution in [0.2, 0.25) is 0 Å². The standard InChI is InChI=1S/C17H20N4O2S3/c1-3-8-19-17(20-9-11-24-13-16-18-10-12-25-16)21-26(22,23)15-6-4-14(2)5-7-15/h1,4-7,10,12H,8-9,11,13H2,2H3,(H2,19,20,21). The third-order valence-corrected chi connectivity index (χ3v) is 6.40. The first-order valence-electron chi connectivity index (χ1n) is 7.78. The largest absolute Gasteiger partial charge is 0.345 e. The Kier molecular flexibility index (Phi) is 7.97. The maximum atomic E-state index is 12.5. The first-order valence-corrected chi connectivity index (χ1v) is 11.3. The van der Waals surface area contributed by atoms with E-state index in [4.69, 9.17) is 6.42 Å². The molecule has 0 fully saturated rings. The van der Waals surface area contributed by atoms with Crippen LogP contribution in [-0.4, -0.2) is 38.2 Å². The summed E-state index contributed by atoms with van der Waals surface area (Å²) < 4.78 is 27.4. The lowest BCUT2D eigenvalue weighted by atomic mass is 10.2. The average molecular weight is 409 g/mol. The molecule has 26 heavy (non-hydrogen) atoms. The summed E-state index contributed by atoms with van der Waals surface area (Å²) in [7, 11) is -3.71. The second-order valence-corrected chi connectivity index (χ2v) is 8.95. The zero-order chi connectivity index (χ0) is 18.8. The van der Waals surface area contributed by atoms with Crippen LogP contribution in [-0.2, 0) is 15.8 Å². The van der Waals surface area contributed by atoms with Gasteiger partial charge in [-0.3, -0.25) is 4.99 Å². The number of nitrogens with one attached hydrogen (secondary N) is 2. The summed E-state index contributed by atoms with van der Waals surface area (Å²) >= 11 is 3.30. The Morgan fingerprint density at radius 1 is 1.38 bits per heavy atom. The van der Waals surface area contributed by atoms with E-state index in [0.717, 1.165) is 22.1 Å². The Balaban J connectivity index is 1.94. The molecule has 0 saturated heterocycles. The maximum absolute atomic E-state index is 12.5. The van der Waals surface area contributed by atoms with Gasteiger partial charge in [0.25, 0.3) is 10.0 Å². The Labute approximate surface area is 162 Å². The number of aliphatic imine (C=N–C) groups is 1. The van der Waals surface area contributed by atoms with Gasteiger partial charge in [-0.25, -0.2) is 18.1 Å². The van der Waals surface area contributed by atoms with Crippen LogP contribution in [0.1, 0.15) is 10.6 Å². The van der Waals surface area contributed by atoms with Crippen molar-refractivity contribution < 1.29 is 8.42 Å². The summed E-state index contributed by atoms with van der Waals surface area (Å²) in [6.45, 7) is 2.54. The second kappa shape index (κ2) is 10.2. The number of hydrogen-bond donors (Lipinski definition) is 2. The highest BCUT2D eigenvalue weighted by atomic mass is 32.2. The number of thiazole rings is 1. The molecule has 2 rings (SSSR count). The van der Waals surface area contributed by atoms with Crippen LogP contribution < -0.4 is 10.0 Å². The van der Waals surface area contributed by atoms with Crippen molar-refractivity contribution >= 4 is 39.1 Å². The van der Waals surface area contributed by atoms with Gasteiger partial charge < -0.3 is 5.32 Å². The van der Waals surface area contributed by atoms with Crippen LogP contribution in [0, 0.1) is 19.3 Å². The van der Waals surface area contributed by atoms with Crippen molar-refractivity contribution in [1.29, 1.82) is 0 Å². The molecule has 2 N–H and O–H groups in total.